The van der Waals surface area contributed by atoms with Crippen LogP contribution in [0.15, 0.2) is 77.7 Å². The molecule has 0 amide bonds. The van der Waals surface area contributed by atoms with Gasteiger partial charge < -0.3 is 14.4 Å². The van der Waals surface area contributed by atoms with Crippen molar-refractivity contribution < 1.29 is 27.0 Å². The number of rotatable bonds is 7. The normalized spacial score (nSPS) is 11.4. The number of nitrogens with zero attached hydrogens (tertiary/aromatic N) is 1. The van der Waals surface area contributed by atoms with E-state index in [9.17, 15) is 27.1 Å². The molecule has 36 heavy (non-hydrogen) atoms. The third-order valence-corrected chi connectivity index (χ3v) is 5.97. The number of halogens is 2. The third-order valence-electron chi connectivity index (χ3n) is 5.36. The van der Waals surface area contributed by atoms with E-state index in [1.165, 1.54) is 28.8 Å². The molecule has 0 saturated heterocycles. The molecule has 1 heterocycles. The van der Waals surface area contributed by atoms with Gasteiger partial charge in [-0.25, -0.2) is 17.2 Å². The van der Waals surface area contributed by atoms with E-state index in [4.69, 9.17) is 4.74 Å². The summed E-state index contributed by atoms with van der Waals surface area (Å²) in [6.45, 7) is -0.149. The molecule has 186 valence electrons. The molecule has 0 radical (unpaired) electrons. The maximum Gasteiger partial charge on any atom is 0.250 e. The van der Waals surface area contributed by atoms with Gasteiger partial charge in [-0.2, -0.15) is 0 Å². The van der Waals surface area contributed by atoms with E-state index in [-0.39, 0.29) is 29.4 Å². The Labute approximate surface area is 206 Å². The SMILES string of the molecule is Cn1cc(-c2cc(NS(C)(=O)=O)ccc2Oc2ccc(F)cc2F)c(-c2ccc(CO)cc2)cc1=O. The number of hydrogen-bond donors (Lipinski definition) is 2. The molecule has 0 atom stereocenters. The number of pyridine rings is 1. The minimum Gasteiger partial charge on any atom is -0.454 e. The van der Waals surface area contributed by atoms with Gasteiger partial charge in [0.1, 0.15) is 11.6 Å². The van der Waals surface area contributed by atoms with Gasteiger partial charge >= 0.3 is 0 Å². The minimum absolute atomic E-state index is 0.145. The van der Waals surface area contributed by atoms with E-state index in [1.54, 1.807) is 37.5 Å². The molecule has 0 spiro atoms. The first-order valence-electron chi connectivity index (χ1n) is 10.7. The van der Waals surface area contributed by atoms with E-state index in [0.29, 0.717) is 33.9 Å². The molecule has 0 aliphatic rings. The summed E-state index contributed by atoms with van der Waals surface area (Å²) in [5.74, 6) is -1.77. The predicted molar refractivity (Wildman–Crippen MR) is 133 cm³/mol. The van der Waals surface area contributed by atoms with E-state index >= 15 is 0 Å². The number of anilines is 1. The van der Waals surface area contributed by atoms with Crippen molar-refractivity contribution in [2.75, 3.05) is 11.0 Å². The first-order valence-corrected chi connectivity index (χ1v) is 12.6. The zero-order chi connectivity index (χ0) is 26.0. The molecular formula is C26H22F2N2O5S. The van der Waals surface area contributed by atoms with Gasteiger partial charge in [0, 0.05) is 42.2 Å². The second-order valence-corrected chi connectivity index (χ2v) is 9.92. The fourth-order valence-electron chi connectivity index (χ4n) is 3.66. The minimum atomic E-state index is -3.62. The van der Waals surface area contributed by atoms with Crippen LogP contribution in [0.4, 0.5) is 14.5 Å². The average molecular weight is 513 g/mol. The van der Waals surface area contributed by atoms with Crippen molar-refractivity contribution in [2.24, 2.45) is 7.05 Å². The zero-order valence-electron chi connectivity index (χ0n) is 19.3. The Morgan fingerprint density at radius 1 is 0.917 bits per heavy atom. The summed E-state index contributed by atoms with van der Waals surface area (Å²) in [5, 5.41) is 9.37. The Morgan fingerprint density at radius 3 is 2.25 bits per heavy atom. The van der Waals surface area contributed by atoms with Crippen molar-refractivity contribution in [3.8, 4) is 33.8 Å². The molecule has 0 aliphatic heterocycles. The van der Waals surface area contributed by atoms with Gasteiger partial charge in [-0.05, 0) is 47.0 Å². The average Bonchev–Trinajstić information content (AvgIpc) is 2.82. The number of aliphatic hydroxyl groups is 1. The number of nitrogens with one attached hydrogen (secondary N) is 1. The lowest BCUT2D eigenvalue weighted by molar-refractivity contribution is 0.282. The third kappa shape index (κ3) is 5.61. The quantitative estimate of drug-likeness (QED) is 0.376. The summed E-state index contributed by atoms with van der Waals surface area (Å²) in [6.07, 6.45) is 2.57. The summed E-state index contributed by atoms with van der Waals surface area (Å²) >= 11 is 0. The fraction of sp³-hybridized carbons (Fsp3) is 0.115. The Hall–Kier alpha value is -4.02. The standard InChI is InChI=1S/C26H22F2N2O5S/c1-30-14-22(20(13-26(30)32)17-5-3-16(15-31)4-6-17)21-12-19(29-36(2,33)34)8-10-24(21)35-25-9-7-18(27)11-23(25)28/h3-14,29,31H,15H2,1-2H3. The Bertz CT molecular complexity index is 1600. The second-order valence-electron chi connectivity index (χ2n) is 8.17. The molecule has 1 aromatic heterocycles. The number of benzene rings is 3. The molecule has 10 heteroatoms. The lowest BCUT2D eigenvalue weighted by Crippen LogP contribution is -2.16. The number of hydrogen-bond acceptors (Lipinski definition) is 5. The van der Waals surface area contributed by atoms with Crippen molar-refractivity contribution in [2.45, 2.75) is 6.61 Å². The van der Waals surface area contributed by atoms with Crippen molar-refractivity contribution in [3.05, 3.63) is 100 Å². The Kier molecular flexibility index (Phi) is 6.91. The highest BCUT2D eigenvalue weighted by Crippen LogP contribution is 2.40. The van der Waals surface area contributed by atoms with Crippen molar-refractivity contribution >= 4 is 15.7 Å². The van der Waals surface area contributed by atoms with Crippen LogP contribution >= 0.6 is 0 Å². The molecule has 2 N–H and O–H groups in total. The lowest BCUT2D eigenvalue weighted by atomic mass is 9.95. The number of aromatic nitrogens is 1. The molecule has 0 fully saturated rings. The second kappa shape index (κ2) is 9.92. The fourth-order valence-corrected chi connectivity index (χ4v) is 4.21. The number of ether oxygens (including phenoxy) is 1. The van der Waals surface area contributed by atoms with Gasteiger partial charge in [0.2, 0.25) is 10.0 Å². The molecule has 3 aromatic carbocycles. The molecule has 0 aliphatic carbocycles. The molecule has 0 unspecified atom stereocenters. The van der Waals surface area contributed by atoms with Crippen LogP contribution in [0.2, 0.25) is 0 Å². The van der Waals surface area contributed by atoms with Gasteiger partial charge in [0.25, 0.3) is 5.56 Å². The van der Waals surface area contributed by atoms with E-state index in [1.807, 2.05) is 0 Å². The smallest absolute Gasteiger partial charge is 0.250 e. The Morgan fingerprint density at radius 2 is 1.61 bits per heavy atom. The van der Waals surface area contributed by atoms with E-state index in [0.717, 1.165) is 18.4 Å². The molecular weight excluding hydrogens is 490 g/mol. The van der Waals surface area contributed by atoms with Gasteiger partial charge in [0.05, 0.1) is 12.9 Å². The van der Waals surface area contributed by atoms with E-state index in [2.05, 4.69) is 4.72 Å². The summed E-state index contributed by atoms with van der Waals surface area (Å²) in [7, 11) is -2.06. The van der Waals surface area contributed by atoms with Crippen molar-refractivity contribution in [3.63, 3.8) is 0 Å². The summed E-state index contributed by atoms with van der Waals surface area (Å²) in [4.78, 5) is 12.5. The number of aryl methyl sites for hydroxylation is 1. The summed E-state index contributed by atoms with van der Waals surface area (Å²) in [6, 6.07) is 15.6. The van der Waals surface area contributed by atoms with Crippen LogP contribution in [0.25, 0.3) is 22.3 Å². The topological polar surface area (TPSA) is 97.6 Å². The number of sulfonamides is 1. The monoisotopic (exact) mass is 512 g/mol. The van der Waals surface area contributed by atoms with Crippen LogP contribution in [-0.2, 0) is 23.7 Å². The van der Waals surface area contributed by atoms with Crippen LogP contribution in [0, 0.1) is 11.6 Å². The van der Waals surface area contributed by atoms with Crippen LogP contribution in [0.1, 0.15) is 5.56 Å². The molecule has 7 nitrogen and oxygen atoms in total. The highest BCUT2D eigenvalue weighted by molar-refractivity contribution is 7.92. The Balaban J connectivity index is 1.95. The molecule has 4 aromatic rings. The van der Waals surface area contributed by atoms with E-state index < -0.39 is 21.7 Å². The highest BCUT2D eigenvalue weighted by atomic mass is 32.2. The first-order chi connectivity index (χ1) is 17.0. The van der Waals surface area contributed by atoms with Gasteiger partial charge in [-0.15, -0.1) is 0 Å². The zero-order valence-corrected chi connectivity index (χ0v) is 20.1. The highest BCUT2D eigenvalue weighted by Gasteiger charge is 2.18. The maximum atomic E-state index is 14.4. The van der Waals surface area contributed by atoms with Crippen LogP contribution in [0.5, 0.6) is 11.5 Å². The predicted octanol–water partition coefficient (Wildman–Crippen LogP) is 4.65. The first kappa shape index (κ1) is 25.1. The summed E-state index contributed by atoms with van der Waals surface area (Å²) in [5.41, 5.74) is 2.60. The van der Waals surface area contributed by atoms with Crippen LogP contribution in [-0.4, -0.2) is 24.3 Å². The lowest BCUT2D eigenvalue weighted by Gasteiger charge is -2.18. The molecule has 0 saturated carbocycles. The van der Waals surface area contributed by atoms with Crippen molar-refractivity contribution in [1.29, 1.82) is 0 Å². The molecule has 0 bridgehead atoms. The van der Waals surface area contributed by atoms with Gasteiger partial charge in [0.15, 0.2) is 11.6 Å². The molecule has 4 rings (SSSR count). The van der Waals surface area contributed by atoms with Gasteiger partial charge in [-0.1, -0.05) is 24.3 Å². The van der Waals surface area contributed by atoms with Crippen LogP contribution in [0.3, 0.4) is 0 Å². The maximum absolute atomic E-state index is 14.4. The largest absolute Gasteiger partial charge is 0.454 e. The van der Waals surface area contributed by atoms with Crippen molar-refractivity contribution in [1.82, 2.24) is 4.57 Å². The summed E-state index contributed by atoms with van der Waals surface area (Å²) < 4.78 is 61.0. The van der Waals surface area contributed by atoms with Crippen LogP contribution < -0.4 is 15.0 Å². The number of aliphatic hydroxyl groups excluding tert-OH is 1. The van der Waals surface area contributed by atoms with Gasteiger partial charge in [-0.3, -0.25) is 9.52 Å².